The van der Waals surface area contributed by atoms with E-state index < -0.39 is 0 Å². The summed E-state index contributed by atoms with van der Waals surface area (Å²) in [6, 6.07) is 10.4. The van der Waals surface area contributed by atoms with Gasteiger partial charge in [0.2, 0.25) is 0 Å². The van der Waals surface area contributed by atoms with E-state index in [2.05, 4.69) is 52.4 Å². The van der Waals surface area contributed by atoms with E-state index in [-0.39, 0.29) is 0 Å². The summed E-state index contributed by atoms with van der Waals surface area (Å²) in [5.74, 6) is 0. The molecule has 21 heavy (non-hydrogen) atoms. The second-order valence-electron chi connectivity index (χ2n) is 5.14. The van der Waals surface area contributed by atoms with Crippen molar-refractivity contribution in [2.45, 2.75) is 6.42 Å². The van der Waals surface area contributed by atoms with Crippen LogP contribution in [0.5, 0.6) is 0 Å². The summed E-state index contributed by atoms with van der Waals surface area (Å²) in [7, 11) is 0. The Morgan fingerprint density at radius 2 is 2.14 bits per heavy atom. The Morgan fingerprint density at radius 3 is 2.90 bits per heavy atom. The van der Waals surface area contributed by atoms with Crippen molar-refractivity contribution in [3.05, 3.63) is 59.1 Å². The lowest BCUT2D eigenvalue weighted by atomic mass is 10.1. The second-order valence-corrected chi connectivity index (χ2v) is 6.03. The lowest BCUT2D eigenvalue weighted by Gasteiger charge is -2.25. The summed E-state index contributed by atoms with van der Waals surface area (Å²) in [5.41, 5.74) is 9.30. The topological polar surface area (TPSA) is 42.1 Å². The predicted molar refractivity (Wildman–Crippen MR) is 91.0 cm³/mol. The summed E-state index contributed by atoms with van der Waals surface area (Å²) >= 11 is 1.51. The molecule has 0 radical (unpaired) electrons. The smallest absolute Gasteiger partial charge is 0.180 e. The van der Waals surface area contributed by atoms with Crippen molar-refractivity contribution in [1.29, 1.82) is 0 Å². The minimum Gasteiger partial charge on any atom is -0.375 e. The van der Waals surface area contributed by atoms with Gasteiger partial charge in [0.15, 0.2) is 5.13 Å². The van der Waals surface area contributed by atoms with Crippen LogP contribution in [0, 0.1) is 0 Å². The molecule has 1 aromatic heterocycles. The Balaban J connectivity index is 1.58. The minimum atomic E-state index is 0.645. The van der Waals surface area contributed by atoms with E-state index in [1.807, 2.05) is 11.4 Å². The van der Waals surface area contributed by atoms with Crippen LogP contribution >= 0.6 is 11.3 Å². The van der Waals surface area contributed by atoms with Crippen LogP contribution in [0.3, 0.4) is 0 Å². The maximum absolute atomic E-state index is 5.72. The minimum absolute atomic E-state index is 0.645. The predicted octanol–water partition coefficient (Wildman–Crippen LogP) is 3.53. The number of nitrogens with zero attached hydrogens (tertiary/aromatic N) is 2. The van der Waals surface area contributed by atoms with E-state index in [4.69, 9.17) is 5.73 Å². The molecule has 0 spiro atoms. The summed E-state index contributed by atoms with van der Waals surface area (Å²) in [5, 5.41) is 2.69. The third kappa shape index (κ3) is 3.80. The van der Waals surface area contributed by atoms with Gasteiger partial charge in [0.05, 0.1) is 5.69 Å². The van der Waals surface area contributed by atoms with E-state index >= 15 is 0 Å². The molecule has 4 heteroatoms. The first-order valence-electron chi connectivity index (χ1n) is 7.15. The zero-order chi connectivity index (χ0) is 14.5. The highest BCUT2D eigenvalue weighted by atomic mass is 32.1. The summed E-state index contributed by atoms with van der Waals surface area (Å²) in [6.07, 6.45) is 7.77. The molecular formula is C17H19N3S. The van der Waals surface area contributed by atoms with Crippen LogP contribution in [-0.2, 0) is 0 Å². The van der Waals surface area contributed by atoms with Crippen molar-refractivity contribution in [3.63, 3.8) is 0 Å². The Bertz CT molecular complexity index is 643. The molecule has 1 aliphatic heterocycles. The van der Waals surface area contributed by atoms with Crippen molar-refractivity contribution in [3.8, 4) is 0 Å². The standard InChI is InChI=1S/C17H19N3S/c18-17-19-16(13-21-17)15-9-5-11-20(12-15)10-4-8-14-6-2-1-3-7-14/h1-4,6-9,13H,5,10-12H2,(H2,18,19). The quantitative estimate of drug-likeness (QED) is 0.938. The highest BCUT2D eigenvalue weighted by Gasteiger charge is 2.14. The molecule has 2 aromatic rings. The molecule has 0 saturated heterocycles. The molecule has 3 rings (SSSR count). The summed E-state index contributed by atoms with van der Waals surface area (Å²) < 4.78 is 0. The van der Waals surface area contributed by atoms with Gasteiger partial charge in [-0.1, -0.05) is 48.6 Å². The highest BCUT2D eigenvalue weighted by molar-refractivity contribution is 7.13. The summed E-state index contributed by atoms with van der Waals surface area (Å²) in [4.78, 5) is 6.81. The van der Waals surface area contributed by atoms with E-state index in [0.29, 0.717) is 5.13 Å². The molecule has 0 bridgehead atoms. The zero-order valence-electron chi connectivity index (χ0n) is 11.9. The maximum atomic E-state index is 5.72. The fourth-order valence-electron chi connectivity index (χ4n) is 2.48. The molecule has 2 N–H and O–H groups in total. The van der Waals surface area contributed by atoms with E-state index in [1.54, 1.807) is 0 Å². The Hall–Kier alpha value is -1.91. The molecule has 0 fully saturated rings. The van der Waals surface area contributed by atoms with Crippen LogP contribution < -0.4 is 5.73 Å². The van der Waals surface area contributed by atoms with Crippen molar-refractivity contribution in [2.75, 3.05) is 25.4 Å². The fourth-order valence-corrected chi connectivity index (χ4v) is 3.07. The molecule has 2 heterocycles. The molecule has 108 valence electrons. The molecule has 0 aliphatic carbocycles. The van der Waals surface area contributed by atoms with Gasteiger partial charge in [0.25, 0.3) is 0 Å². The number of aromatic nitrogens is 1. The van der Waals surface area contributed by atoms with Gasteiger partial charge in [-0.3, -0.25) is 4.90 Å². The lowest BCUT2D eigenvalue weighted by Crippen LogP contribution is -2.29. The van der Waals surface area contributed by atoms with E-state index in [0.717, 1.165) is 31.7 Å². The van der Waals surface area contributed by atoms with Gasteiger partial charge in [0, 0.05) is 25.0 Å². The molecule has 0 amide bonds. The van der Waals surface area contributed by atoms with Crippen molar-refractivity contribution >= 4 is 28.1 Å². The molecular weight excluding hydrogens is 278 g/mol. The van der Waals surface area contributed by atoms with Crippen molar-refractivity contribution in [2.24, 2.45) is 0 Å². The first-order chi connectivity index (χ1) is 10.3. The van der Waals surface area contributed by atoms with Crippen LogP contribution in [0.15, 0.2) is 47.9 Å². The number of benzene rings is 1. The maximum Gasteiger partial charge on any atom is 0.180 e. The number of nitrogen functional groups attached to an aromatic ring is 1. The number of hydrogen-bond donors (Lipinski definition) is 1. The number of anilines is 1. The monoisotopic (exact) mass is 297 g/mol. The van der Waals surface area contributed by atoms with Gasteiger partial charge in [-0.2, -0.15) is 0 Å². The van der Waals surface area contributed by atoms with Gasteiger partial charge >= 0.3 is 0 Å². The van der Waals surface area contributed by atoms with E-state index in [9.17, 15) is 0 Å². The first-order valence-corrected chi connectivity index (χ1v) is 8.03. The Morgan fingerprint density at radius 1 is 1.29 bits per heavy atom. The average molecular weight is 297 g/mol. The number of thiazole rings is 1. The highest BCUT2D eigenvalue weighted by Crippen LogP contribution is 2.23. The van der Waals surface area contributed by atoms with Crippen molar-refractivity contribution in [1.82, 2.24) is 9.88 Å². The van der Waals surface area contributed by atoms with E-state index in [1.165, 1.54) is 22.5 Å². The third-order valence-corrected chi connectivity index (χ3v) is 4.23. The largest absolute Gasteiger partial charge is 0.375 e. The Labute approximate surface area is 129 Å². The fraction of sp³-hybridized carbons (Fsp3) is 0.235. The van der Waals surface area contributed by atoms with Crippen LogP contribution in [0.1, 0.15) is 17.7 Å². The van der Waals surface area contributed by atoms with Gasteiger partial charge in [-0.25, -0.2) is 4.98 Å². The molecule has 0 saturated carbocycles. The molecule has 1 aliphatic rings. The molecule has 0 unspecified atom stereocenters. The second kappa shape index (κ2) is 6.70. The van der Waals surface area contributed by atoms with Gasteiger partial charge in [-0.05, 0) is 17.6 Å². The molecule has 3 nitrogen and oxygen atoms in total. The van der Waals surface area contributed by atoms with Crippen molar-refractivity contribution < 1.29 is 0 Å². The van der Waals surface area contributed by atoms with Gasteiger partial charge in [0.1, 0.15) is 0 Å². The lowest BCUT2D eigenvalue weighted by molar-refractivity contribution is 0.337. The average Bonchev–Trinajstić information content (AvgIpc) is 2.95. The SMILES string of the molecule is Nc1nc(C2=CCCN(CC=Cc3ccccc3)C2)cs1. The molecule has 1 aromatic carbocycles. The number of hydrogen-bond acceptors (Lipinski definition) is 4. The zero-order valence-corrected chi connectivity index (χ0v) is 12.7. The summed E-state index contributed by atoms with van der Waals surface area (Å²) in [6.45, 7) is 3.01. The number of nitrogens with two attached hydrogens (primary N) is 1. The number of rotatable bonds is 4. The first kappa shape index (κ1) is 14.0. The Kier molecular flexibility index (Phi) is 4.48. The third-order valence-electron chi connectivity index (χ3n) is 3.55. The van der Waals surface area contributed by atoms with Gasteiger partial charge in [-0.15, -0.1) is 11.3 Å². The molecule has 0 atom stereocenters. The van der Waals surface area contributed by atoms with Crippen LogP contribution in [0.25, 0.3) is 11.6 Å². The van der Waals surface area contributed by atoms with Crippen LogP contribution in [0.2, 0.25) is 0 Å². The van der Waals surface area contributed by atoms with Crippen LogP contribution in [0.4, 0.5) is 5.13 Å². The van der Waals surface area contributed by atoms with Crippen LogP contribution in [-0.4, -0.2) is 29.5 Å². The normalized spacial score (nSPS) is 16.3. The van der Waals surface area contributed by atoms with Gasteiger partial charge < -0.3 is 5.73 Å².